The van der Waals surface area contributed by atoms with Crippen molar-refractivity contribution in [2.75, 3.05) is 18.8 Å². The van der Waals surface area contributed by atoms with Crippen LogP contribution in [0, 0.1) is 0 Å². The van der Waals surface area contributed by atoms with Crippen molar-refractivity contribution in [1.82, 2.24) is 10.3 Å². The average molecular weight is 330 g/mol. The summed E-state index contributed by atoms with van der Waals surface area (Å²) in [4.78, 5) is 9.10. The molecule has 0 unspecified atom stereocenters. The van der Waals surface area contributed by atoms with Crippen LogP contribution in [0.3, 0.4) is 0 Å². The summed E-state index contributed by atoms with van der Waals surface area (Å²) in [5, 5.41) is 4.30. The number of fused-ring (bicyclic) bond motifs is 1. The third-order valence-electron chi connectivity index (χ3n) is 3.49. The van der Waals surface area contributed by atoms with Crippen LogP contribution in [0.15, 0.2) is 47.5 Å². The number of nitrogens with two attached hydrogens (primary N) is 1. The SMILES string of the molecule is Nc1ccc2nc(-c3ccc(C4=NCCN4)cc3)sc2c1.[Cl-]. The Hall–Kier alpha value is -2.11. The van der Waals surface area contributed by atoms with Crippen molar-refractivity contribution < 1.29 is 12.4 Å². The number of aromatic nitrogens is 1. The molecule has 0 radical (unpaired) electrons. The summed E-state index contributed by atoms with van der Waals surface area (Å²) in [6.45, 7) is 1.78. The Bertz CT molecular complexity index is 839. The number of aliphatic imine (C=N–C) groups is 1. The van der Waals surface area contributed by atoms with E-state index in [0.29, 0.717) is 0 Å². The lowest BCUT2D eigenvalue weighted by Crippen LogP contribution is -3.00. The first kappa shape index (κ1) is 14.8. The lowest BCUT2D eigenvalue weighted by molar-refractivity contribution is -0.00000416. The molecule has 2 aromatic carbocycles. The maximum Gasteiger partial charge on any atom is 0.128 e. The van der Waals surface area contributed by atoms with Gasteiger partial charge in [-0.25, -0.2) is 4.98 Å². The van der Waals surface area contributed by atoms with E-state index < -0.39 is 0 Å². The molecule has 0 fully saturated rings. The van der Waals surface area contributed by atoms with Crippen molar-refractivity contribution in [1.29, 1.82) is 0 Å². The van der Waals surface area contributed by atoms with Gasteiger partial charge in [-0.3, -0.25) is 4.99 Å². The maximum atomic E-state index is 5.82. The van der Waals surface area contributed by atoms with Gasteiger partial charge in [-0.1, -0.05) is 24.3 Å². The Morgan fingerprint density at radius 3 is 2.55 bits per heavy atom. The van der Waals surface area contributed by atoms with Crippen molar-refractivity contribution >= 4 is 33.1 Å². The van der Waals surface area contributed by atoms with Crippen molar-refractivity contribution in [3.8, 4) is 10.6 Å². The molecule has 6 heteroatoms. The number of amidine groups is 1. The molecule has 4 rings (SSSR count). The number of hydrogen-bond donors (Lipinski definition) is 2. The number of halogens is 1. The standard InChI is InChI=1S/C16H14N4S.ClH/c17-12-5-6-13-14(9-12)21-16(20-13)11-3-1-10(2-4-11)15-18-7-8-19-15;/h1-6,9H,7-8,17H2,(H,18,19);1H/p-1. The summed E-state index contributed by atoms with van der Waals surface area (Å²) < 4.78 is 1.12. The van der Waals surface area contributed by atoms with Gasteiger partial charge in [0.25, 0.3) is 0 Å². The smallest absolute Gasteiger partial charge is 0.128 e. The summed E-state index contributed by atoms with van der Waals surface area (Å²) in [7, 11) is 0. The Balaban J connectivity index is 0.00000144. The zero-order chi connectivity index (χ0) is 14.2. The van der Waals surface area contributed by atoms with E-state index in [-0.39, 0.29) is 12.4 Å². The Labute approximate surface area is 138 Å². The molecule has 0 atom stereocenters. The van der Waals surface area contributed by atoms with Gasteiger partial charge in [0, 0.05) is 23.4 Å². The molecule has 0 aliphatic carbocycles. The van der Waals surface area contributed by atoms with E-state index in [4.69, 9.17) is 5.73 Å². The Morgan fingerprint density at radius 1 is 1.05 bits per heavy atom. The summed E-state index contributed by atoms with van der Waals surface area (Å²) in [5.41, 5.74) is 9.84. The molecule has 2 heterocycles. The first-order valence-corrected chi connectivity index (χ1v) is 7.66. The number of rotatable bonds is 2. The number of hydrogen-bond acceptors (Lipinski definition) is 5. The third kappa shape index (κ3) is 2.65. The van der Waals surface area contributed by atoms with E-state index in [2.05, 4.69) is 39.6 Å². The van der Waals surface area contributed by atoms with E-state index in [1.165, 1.54) is 0 Å². The number of anilines is 1. The van der Waals surface area contributed by atoms with E-state index in [9.17, 15) is 0 Å². The van der Waals surface area contributed by atoms with Crippen LogP contribution in [0.5, 0.6) is 0 Å². The van der Waals surface area contributed by atoms with Gasteiger partial charge >= 0.3 is 0 Å². The molecule has 112 valence electrons. The Morgan fingerprint density at radius 2 is 1.82 bits per heavy atom. The predicted molar refractivity (Wildman–Crippen MR) is 88.9 cm³/mol. The van der Waals surface area contributed by atoms with Gasteiger partial charge in [-0.05, 0) is 18.2 Å². The van der Waals surface area contributed by atoms with Gasteiger partial charge in [0.1, 0.15) is 10.8 Å². The monoisotopic (exact) mass is 329 g/mol. The highest BCUT2D eigenvalue weighted by Gasteiger charge is 2.10. The molecule has 0 saturated carbocycles. The molecule has 22 heavy (non-hydrogen) atoms. The van der Waals surface area contributed by atoms with Crippen LogP contribution in [-0.2, 0) is 0 Å². The summed E-state index contributed by atoms with van der Waals surface area (Å²) in [6.07, 6.45) is 0. The molecule has 1 aliphatic rings. The zero-order valence-corrected chi connectivity index (χ0v) is 13.3. The fourth-order valence-corrected chi connectivity index (χ4v) is 3.45. The van der Waals surface area contributed by atoms with E-state index in [1.807, 2.05) is 18.2 Å². The summed E-state index contributed by atoms with van der Waals surface area (Å²) in [5.74, 6) is 0.985. The van der Waals surface area contributed by atoms with Crippen LogP contribution < -0.4 is 23.5 Å². The fraction of sp³-hybridized carbons (Fsp3) is 0.125. The minimum atomic E-state index is 0. The number of benzene rings is 2. The van der Waals surface area contributed by atoms with E-state index >= 15 is 0 Å². The van der Waals surface area contributed by atoms with Crippen molar-refractivity contribution in [3.05, 3.63) is 48.0 Å². The van der Waals surface area contributed by atoms with E-state index in [0.717, 1.165) is 51.0 Å². The summed E-state index contributed by atoms with van der Waals surface area (Å²) >= 11 is 1.67. The minimum absolute atomic E-state index is 0. The second kappa shape index (κ2) is 5.94. The number of nitrogen functional groups attached to an aromatic ring is 1. The van der Waals surface area contributed by atoms with Gasteiger partial charge in [-0.15, -0.1) is 11.3 Å². The fourth-order valence-electron chi connectivity index (χ4n) is 2.43. The van der Waals surface area contributed by atoms with Crippen molar-refractivity contribution in [2.24, 2.45) is 4.99 Å². The average Bonchev–Trinajstić information content (AvgIpc) is 3.16. The highest BCUT2D eigenvalue weighted by atomic mass is 35.5. The highest BCUT2D eigenvalue weighted by Crippen LogP contribution is 2.31. The second-order valence-electron chi connectivity index (χ2n) is 4.98. The minimum Gasteiger partial charge on any atom is -1.00 e. The lowest BCUT2D eigenvalue weighted by Gasteiger charge is -2.03. The highest BCUT2D eigenvalue weighted by molar-refractivity contribution is 7.21. The van der Waals surface area contributed by atoms with Crippen LogP contribution in [0.2, 0.25) is 0 Å². The van der Waals surface area contributed by atoms with Gasteiger partial charge in [0.15, 0.2) is 0 Å². The maximum absolute atomic E-state index is 5.82. The normalized spacial score (nSPS) is 13.5. The zero-order valence-electron chi connectivity index (χ0n) is 11.7. The molecule has 0 saturated heterocycles. The number of nitrogens with zero attached hydrogens (tertiary/aromatic N) is 2. The van der Waals surface area contributed by atoms with Gasteiger partial charge in [-0.2, -0.15) is 0 Å². The van der Waals surface area contributed by atoms with Crippen LogP contribution >= 0.6 is 11.3 Å². The predicted octanol–water partition coefficient (Wildman–Crippen LogP) is -0.101. The third-order valence-corrected chi connectivity index (χ3v) is 4.56. The van der Waals surface area contributed by atoms with Crippen LogP contribution in [-0.4, -0.2) is 23.9 Å². The topological polar surface area (TPSA) is 63.3 Å². The molecule has 1 aromatic heterocycles. The van der Waals surface area contributed by atoms with Crippen molar-refractivity contribution in [3.63, 3.8) is 0 Å². The quantitative estimate of drug-likeness (QED) is 0.645. The molecule has 0 spiro atoms. The first-order valence-electron chi connectivity index (χ1n) is 6.85. The molecular formula is C16H14ClN4S-. The lowest BCUT2D eigenvalue weighted by atomic mass is 10.1. The van der Waals surface area contributed by atoms with Crippen LogP contribution in [0.1, 0.15) is 5.56 Å². The molecule has 4 nitrogen and oxygen atoms in total. The molecule has 3 aromatic rings. The number of thiazole rings is 1. The molecule has 0 amide bonds. The molecule has 1 aliphatic heterocycles. The largest absolute Gasteiger partial charge is 1.00 e. The first-order chi connectivity index (χ1) is 10.3. The molecule has 3 N–H and O–H groups in total. The summed E-state index contributed by atoms with van der Waals surface area (Å²) in [6, 6.07) is 14.2. The second-order valence-corrected chi connectivity index (χ2v) is 6.01. The molecular weight excluding hydrogens is 316 g/mol. The van der Waals surface area contributed by atoms with Crippen LogP contribution in [0.4, 0.5) is 5.69 Å². The van der Waals surface area contributed by atoms with Gasteiger partial charge in [0.2, 0.25) is 0 Å². The number of nitrogens with one attached hydrogen (secondary N) is 1. The molecule has 0 bridgehead atoms. The Kier molecular flexibility index (Phi) is 4.00. The van der Waals surface area contributed by atoms with Gasteiger partial charge in [0.05, 0.1) is 16.8 Å². The van der Waals surface area contributed by atoms with Crippen molar-refractivity contribution in [2.45, 2.75) is 0 Å². The van der Waals surface area contributed by atoms with E-state index in [1.54, 1.807) is 11.3 Å². The van der Waals surface area contributed by atoms with Crippen LogP contribution in [0.25, 0.3) is 20.8 Å². The van der Waals surface area contributed by atoms with Gasteiger partial charge < -0.3 is 23.5 Å².